The quantitative estimate of drug-likeness (QED) is 0.756. The third-order valence-corrected chi connectivity index (χ3v) is 3.81. The molecule has 0 amide bonds. The van der Waals surface area contributed by atoms with Crippen molar-refractivity contribution in [2.24, 2.45) is 0 Å². The number of hydrogen-bond donors (Lipinski definition) is 2. The van der Waals surface area contributed by atoms with Crippen LogP contribution in [0.4, 0.5) is 5.69 Å². The van der Waals surface area contributed by atoms with Crippen LogP contribution in [0.15, 0.2) is 18.2 Å². The molecule has 0 aliphatic heterocycles. The number of hydrogen-bond acceptors (Lipinski definition) is 3. The predicted octanol–water partition coefficient (Wildman–Crippen LogP) is 3.05. The van der Waals surface area contributed by atoms with Gasteiger partial charge in [0.1, 0.15) is 0 Å². The van der Waals surface area contributed by atoms with Gasteiger partial charge < -0.3 is 15.3 Å². The molecule has 0 radical (unpaired) electrons. The Morgan fingerprint density at radius 1 is 1.37 bits per heavy atom. The summed E-state index contributed by atoms with van der Waals surface area (Å²) in [4.78, 5) is 2.04. The SMILES string of the molecule is CCCNCc1ccc(N(C)C(C)(C)CO)cc1Cl. The fourth-order valence-electron chi connectivity index (χ4n) is 1.74. The zero-order valence-corrected chi connectivity index (χ0v) is 13.1. The maximum absolute atomic E-state index is 9.41. The zero-order valence-electron chi connectivity index (χ0n) is 12.3. The Morgan fingerprint density at radius 2 is 2.05 bits per heavy atom. The molecule has 0 heterocycles. The second kappa shape index (κ2) is 7.13. The number of anilines is 1. The number of nitrogens with zero attached hydrogens (tertiary/aromatic N) is 1. The molecule has 0 bridgehead atoms. The summed E-state index contributed by atoms with van der Waals surface area (Å²) in [5, 5.41) is 13.5. The van der Waals surface area contributed by atoms with E-state index < -0.39 is 0 Å². The van der Waals surface area contributed by atoms with Crippen molar-refractivity contribution in [2.75, 3.05) is 25.1 Å². The van der Waals surface area contributed by atoms with Crippen molar-refractivity contribution < 1.29 is 5.11 Å². The van der Waals surface area contributed by atoms with Crippen molar-refractivity contribution in [3.63, 3.8) is 0 Å². The Kier molecular flexibility index (Phi) is 6.11. The van der Waals surface area contributed by atoms with Gasteiger partial charge in [-0.05, 0) is 44.5 Å². The van der Waals surface area contributed by atoms with Gasteiger partial charge in [0.2, 0.25) is 0 Å². The summed E-state index contributed by atoms with van der Waals surface area (Å²) < 4.78 is 0. The lowest BCUT2D eigenvalue weighted by Crippen LogP contribution is -2.44. The molecule has 1 aromatic rings. The minimum Gasteiger partial charge on any atom is -0.394 e. The lowest BCUT2D eigenvalue weighted by Gasteiger charge is -2.36. The molecule has 0 aliphatic carbocycles. The van der Waals surface area contributed by atoms with Gasteiger partial charge in [-0.2, -0.15) is 0 Å². The first-order valence-electron chi connectivity index (χ1n) is 6.76. The standard InChI is InChI=1S/C15H25ClN2O/c1-5-8-17-10-12-6-7-13(9-14(12)16)18(4)15(2,3)11-19/h6-7,9,17,19H,5,8,10-11H2,1-4H3. The summed E-state index contributed by atoms with van der Waals surface area (Å²) in [5.41, 5.74) is 1.82. The maximum atomic E-state index is 9.41. The number of aliphatic hydroxyl groups excluding tert-OH is 1. The third-order valence-electron chi connectivity index (χ3n) is 3.46. The second-order valence-corrected chi connectivity index (χ2v) is 5.89. The summed E-state index contributed by atoms with van der Waals surface area (Å²) in [5.74, 6) is 0. The van der Waals surface area contributed by atoms with Crippen molar-refractivity contribution in [1.82, 2.24) is 5.32 Å². The van der Waals surface area contributed by atoms with Gasteiger partial charge in [0.25, 0.3) is 0 Å². The van der Waals surface area contributed by atoms with Crippen LogP contribution in [0.5, 0.6) is 0 Å². The number of rotatable bonds is 7. The highest BCUT2D eigenvalue weighted by Crippen LogP contribution is 2.27. The lowest BCUT2D eigenvalue weighted by atomic mass is 10.0. The van der Waals surface area contributed by atoms with E-state index in [0.717, 1.165) is 35.8 Å². The molecule has 0 aromatic heterocycles. The number of aliphatic hydroxyl groups is 1. The first-order valence-corrected chi connectivity index (χ1v) is 7.14. The van der Waals surface area contributed by atoms with Crippen LogP contribution in [0.3, 0.4) is 0 Å². The van der Waals surface area contributed by atoms with E-state index in [4.69, 9.17) is 11.6 Å². The van der Waals surface area contributed by atoms with Gasteiger partial charge in [-0.1, -0.05) is 24.6 Å². The smallest absolute Gasteiger partial charge is 0.0658 e. The van der Waals surface area contributed by atoms with E-state index in [-0.39, 0.29) is 12.1 Å². The van der Waals surface area contributed by atoms with Crippen LogP contribution in [0.1, 0.15) is 32.8 Å². The first-order chi connectivity index (χ1) is 8.92. The average molecular weight is 285 g/mol. The molecule has 19 heavy (non-hydrogen) atoms. The minimum atomic E-state index is -0.300. The molecule has 0 aliphatic rings. The van der Waals surface area contributed by atoms with Gasteiger partial charge in [-0.3, -0.25) is 0 Å². The molecule has 4 heteroatoms. The monoisotopic (exact) mass is 284 g/mol. The summed E-state index contributed by atoms with van der Waals surface area (Å²) in [7, 11) is 1.97. The number of halogens is 1. The Bertz CT molecular complexity index is 407. The van der Waals surface area contributed by atoms with Crippen LogP contribution in [0.2, 0.25) is 5.02 Å². The van der Waals surface area contributed by atoms with Crippen LogP contribution >= 0.6 is 11.6 Å². The molecule has 0 saturated carbocycles. The molecular weight excluding hydrogens is 260 g/mol. The summed E-state index contributed by atoms with van der Waals surface area (Å²) in [6, 6.07) is 6.05. The van der Waals surface area contributed by atoms with Crippen LogP contribution in [0, 0.1) is 0 Å². The van der Waals surface area contributed by atoms with E-state index in [1.165, 1.54) is 0 Å². The topological polar surface area (TPSA) is 35.5 Å². The molecule has 0 atom stereocenters. The first kappa shape index (κ1) is 16.3. The molecule has 1 rings (SSSR count). The van der Waals surface area contributed by atoms with E-state index in [0.29, 0.717) is 0 Å². The van der Waals surface area contributed by atoms with E-state index in [1.54, 1.807) is 0 Å². The zero-order chi connectivity index (χ0) is 14.5. The maximum Gasteiger partial charge on any atom is 0.0658 e. The molecule has 0 spiro atoms. The molecule has 0 saturated heterocycles. The van der Waals surface area contributed by atoms with Gasteiger partial charge in [0.15, 0.2) is 0 Å². The predicted molar refractivity (Wildman–Crippen MR) is 83.0 cm³/mol. The Hall–Kier alpha value is -0.770. The van der Waals surface area contributed by atoms with Crippen molar-refractivity contribution >= 4 is 17.3 Å². The molecular formula is C15H25ClN2O. The van der Waals surface area contributed by atoms with Crippen molar-refractivity contribution in [2.45, 2.75) is 39.3 Å². The van der Waals surface area contributed by atoms with Gasteiger partial charge >= 0.3 is 0 Å². The average Bonchev–Trinajstić information content (AvgIpc) is 2.40. The fourth-order valence-corrected chi connectivity index (χ4v) is 1.99. The summed E-state index contributed by atoms with van der Waals surface area (Å²) in [6.45, 7) is 8.02. The van der Waals surface area contributed by atoms with Crippen LogP contribution in [0.25, 0.3) is 0 Å². The largest absolute Gasteiger partial charge is 0.394 e. The number of benzene rings is 1. The van der Waals surface area contributed by atoms with Gasteiger partial charge in [-0.15, -0.1) is 0 Å². The van der Waals surface area contributed by atoms with Crippen LogP contribution in [-0.2, 0) is 6.54 Å². The molecule has 0 unspecified atom stereocenters. The summed E-state index contributed by atoms with van der Waals surface area (Å²) in [6.07, 6.45) is 1.11. The van der Waals surface area contributed by atoms with Crippen molar-refractivity contribution in [1.29, 1.82) is 0 Å². The van der Waals surface area contributed by atoms with Crippen LogP contribution < -0.4 is 10.2 Å². The van der Waals surface area contributed by atoms with Gasteiger partial charge in [-0.25, -0.2) is 0 Å². The lowest BCUT2D eigenvalue weighted by molar-refractivity contribution is 0.216. The Labute approximate surface area is 121 Å². The normalized spacial score (nSPS) is 11.7. The van der Waals surface area contributed by atoms with Gasteiger partial charge in [0, 0.05) is 24.3 Å². The molecule has 108 valence electrons. The highest BCUT2D eigenvalue weighted by molar-refractivity contribution is 6.31. The van der Waals surface area contributed by atoms with E-state index in [9.17, 15) is 5.11 Å². The molecule has 0 fully saturated rings. The summed E-state index contributed by atoms with van der Waals surface area (Å²) >= 11 is 6.32. The highest BCUT2D eigenvalue weighted by Gasteiger charge is 2.23. The van der Waals surface area contributed by atoms with Crippen molar-refractivity contribution in [3.8, 4) is 0 Å². The second-order valence-electron chi connectivity index (χ2n) is 5.48. The third kappa shape index (κ3) is 4.37. The number of nitrogens with one attached hydrogen (secondary N) is 1. The van der Waals surface area contributed by atoms with E-state index in [2.05, 4.69) is 12.2 Å². The van der Waals surface area contributed by atoms with Gasteiger partial charge in [0.05, 0.1) is 12.1 Å². The van der Waals surface area contributed by atoms with Crippen molar-refractivity contribution in [3.05, 3.63) is 28.8 Å². The Morgan fingerprint density at radius 3 is 2.58 bits per heavy atom. The van der Waals surface area contributed by atoms with Crippen LogP contribution in [-0.4, -0.2) is 30.8 Å². The number of likely N-dealkylation sites (N-methyl/N-ethyl adjacent to an activating group) is 1. The molecule has 3 nitrogen and oxygen atoms in total. The molecule has 2 N–H and O–H groups in total. The minimum absolute atomic E-state index is 0.0981. The van der Waals surface area contributed by atoms with E-state index >= 15 is 0 Å². The van der Waals surface area contributed by atoms with E-state index in [1.807, 2.05) is 44.0 Å². The fraction of sp³-hybridized carbons (Fsp3) is 0.600. The molecule has 1 aromatic carbocycles. The highest BCUT2D eigenvalue weighted by atomic mass is 35.5. The Balaban J connectivity index is 2.81.